The minimum Gasteiger partial charge on any atom is -0.361 e. The Hall–Kier alpha value is -1.68. The topological polar surface area (TPSA) is 38.1 Å². The van der Waals surface area contributed by atoms with Crippen molar-refractivity contribution in [2.24, 2.45) is 5.41 Å². The second kappa shape index (κ2) is 5.98. The number of nitrogens with zero attached hydrogens (tertiary/aromatic N) is 1. The molecule has 2 rings (SSSR count). The van der Waals surface area contributed by atoms with E-state index in [1.165, 1.54) is 12.1 Å². The van der Waals surface area contributed by atoms with Gasteiger partial charge in [0, 0.05) is 18.2 Å². The summed E-state index contributed by atoms with van der Waals surface area (Å²) in [6.07, 6.45) is 0. The van der Waals surface area contributed by atoms with E-state index in [9.17, 15) is 4.39 Å². The van der Waals surface area contributed by atoms with E-state index in [-0.39, 0.29) is 17.3 Å². The molecule has 1 aromatic heterocycles. The van der Waals surface area contributed by atoms with Crippen LogP contribution in [0.5, 0.6) is 0 Å². The molecule has 0 aliphatic carbocycles. The van der Waals surface area contributed by atoms with E-state index >= 15 is 0 Å². The number of benzene rings is 1. The lowest BCUT2D eigenvalue weighted by Crippen LogP contribution is -2.32. The Bertz CT molecular complexity index is 577. The number of nitrogens with one attached hydrogen (secondary N) is 1. The van der Waals surface area contributed by atoms with Crippen molar-refractivity contribution in [2.45, 2.75) is 47.2 Å². The lowest BCUT2D eigenvalue weighted by atomic mass is 9.82. The summed E-state index contributed by atoms with van der Waals surface area (Å²) in [5.41, 5.74) is 3.09. The monoisotopic (exact) mass is 290 g/mol. The quantitative estimate of drug-likeness (QED) is 0.912. The number of hydrogen-bond donors (Lipinski definition) is 1. The smallest absolute Gasteiger partial charge is 0.138 e. The minimum absolute atomic E-state index is 0.0107. The molecule has 0 aliphatic heterocycles. The zero-order valence-corrected chi connectivity index (χ0v) is 13.3. The Kier molecular flexibility index (Phi) is 4.47. The number of aryl methyl sites for hydroxylation is 2. The van der Waals surface area contributed by atoms with Gasteiger partial charge in [0.2, 0.25) is 0 Å². The van der Waals surface area contributed by atoms with Crippen molar-refractivity contribution in [3.05, 3.63) is 52.7 Å². The molecule has 3 nitrogen and oxygen atoms in total. The summed E-state index contributed by atoms with van der Waals surface area (Å²) in [4.78, 5) is 0. The number of aromatic nitrogens is 1. The third-order valence-corrected chi connectivity index (χ3v) is 3.73. The van der Waals surface area contributed by atoms with Crippen molar-refractivity contribution >= 4 is 0 Å². The van der Waals surface area contributed by atoms with Crippen LogP contribution in [-0.2, 0) is 6.54 Å². The van der Waals surface area contributed by atoms with Crippen LogP contribution in [0.2, 0.25) is 0 Å². The van der Waals surface area contributed by atoms with E-state index in [0.717, 1.165) is 22.6 Å². The lowest BCUT2D eigenvalue weighted by Gasteiger charge is -2.32. The molecule has 114 valence electrons. The normalized spacial score (nSPS) is 13.4. The van der Waals surface area contributed by atoms with Crippen LogP contribution in [0.1, 0.15) is 49.4 Å². The highest BCUT2D eigenvalue weighted by molar-refractivity contribution is 5.24. The molecule has 0 fully saturated rings. The van der Waals surface area contributed by atoms with Crippen LogP contribution in [0.25, 0.3) is 0 Å². The minimum atomic E-state index is -0.211. The molecule has 0 saturated heterocycles. The maximum atomic E-state index is 13.1. The predicted molar refractivity (Wildman–Crippen MR) is 81.4 cm³/mol. The van der Waals surface area contributed by atoms with Crippen LogP contribution < -0.4 is 5.32 Å². The molecule has 2 aromatic rings. The molecule has 1 atom stereocenters. The van der Waals surface area contributed by atoms with Crippen LogP contribution >= 0.6 is 0 Å². The molecule has 0 spiro atoms. The lowest BCUT2D eigenvalue weighted by molar-refractivity contribution is 0.270. The van der Waals surface area contributed by atoms with Gasteiger partial charge in [-0.2, -0.15) is 0 Å². The molecule has 1 heterocycles. The second-order valence-corrected chi connectivity index (χ2v) is 6.53. The van der Waals surface area contributed by atoms with Crippen molar-refractivity contribution in [2.75, 3.05) is 0 Å². The highest BCUT2D eigenvalue weighted by atomic mass is 19.1. The summed E-state index contributed by atoms with van der Waals surface area (Å²) < 4.78 is 18.3. The van der Waals surface area contributed by atoms with Crippen molar-refractivity contribution in [1.29, 1.82) is 0 Å². The van der Waals surface area contributed by atoms with Gasteiger partial charge >= 0.3 is 0 Å². The number of rotatable bonds is 4. The number of hydrogen-bond acceptors (Lipinski definition) is 3. The molecule has 21 heavy (non-hydrogen) atoms. The molecule has 0 bridgehead atoms. The third kappa shape index (κ3) is 3.70. The molecule has 0 saturated carbocycles. The van der Waals surface area contributed by atoms with Crippen molar-refractivity contribution in [3.8, 4) is 0 Å². The third-order valence-electron chi connectivity index (χ3n) is 3.73. The molecule has 4 heteroatoms. The first kappa shape index (κ1) is 15.7. The summed E-state index contributed by atoms with van der Waals surface area (Å²) in [6.45, 7) is 11.0. The standard InChI is InChI=1S/C17H23FN2O/c1-11-15(12(2)21-20-11)10-19-16(17(3,4)5)13-6-8-14(18)9-7-13/h6-9,16,19H,10H2,1-5H3. The molecule has 0 aliphatic rings. The van der Waals surface area contributed by atoms with Gasteiger partial charge in [-0.15, -0.1) is 0 Å². The Labute approximate surface area is 125 Å². The number of halogens is 1. The highest BCUT2D eigenvalue weighted by Crippen LogP contribution is 2.33. The molecule has 1 aromatic carbocycles. The fourth-order valence-corrected chi connectivity index (χ4v) is 2.54. The predicted octanol–water partition coefficient (Wildman–Crippen LogP) is 4.31. The summed E-state index contributed by atoms with van der Waals surface area (Å²) >= 11 is 0. The zero-order chi connectivity index (χ0) is 15.6. The first-order chi connectivity index (χ1) is 9.79. The van der Waals surface area contributed by atoms with Gasteiger partial charge < -0.3 is 9.84 Å². The Morgan fingerprint density at radius 3 is 2.29 bits per heavy atom. The van der Waals surface area contributed by atoms with Crippen LogP contribution in [0.4, 0.5) is 4.39 Å². The average Bonchev–Trinajstić information content (AvgIpc) is 2.71. The van der Waals surface area contributed by atoms with Crippen molar-refractivity contribution in [1.82, 2.24) is 10.5 Å². The van der Waals surface area contributed by atoms with Gasteiger partial charge in [-0.3, -0.25) is 0 Å². The maximum absolute atomic E-state index is 13.1. The van der Waals surface area contributed by atoms with Crippen LogP contribution in [0, 0.1) is 25.1 Å². The molecule has 1 unspecified atom stereocenters. The van der Waals surface area contributed by atoms with Crippen molar-refractivity contribution in [3.63, 3.8) is 0 Å². The molecular formula is C17H23FN2O. The van der Waals surface area contributed by atoms with E-state index in [0.29, 0.717) is 6.54 Å². The maximum Gasteiger partial charge on any atom is 0.138 e. The molecule has 0 amide bonds. The molecule has 0 radical (unpaired) electrons. The SMILES string of the molecule is Cc1noc(C)c1CNC(c1ccc(F)cc1)C(C)(C)C. The van der Waals surface area contributed by atoms with Gasteiger partial charge in [0.05, 0.1) is 5.69 Å². The zero-order valence-electron chi connectivity index (χ0n) is 13.3. The first-order valence-electron chi connectivity index (χ1n) is 7.19. The fraction of sp³-hybridized carbons (Fsp3) is 0.471. The second-order valence-electron chi connectivity index (χ2n) is 6.53. The summed E-state index contributed by atoms with van der Waals surface area (Å²) in [6, 6.07) is 6.81. The van der Waals surface area contributed by atoms with Gasteiger partial charge in [-0.05, 0) is 37.0 Å². The largest absolute Gasteiger partial charge is 0.361 e. The fourth-order valence-electron chi connectivity index (χ4n) is 2.54. The van der Waals surface area contributed by atoms with Crippen LogP contribution in [0.15, 0.2) is 28.8 Å². The molecular weight excluding hydrogens is 267 g/mol. The summed E-state index contributed by atoms with van der Waals surface area (Å²) in [5.74, 6) is 0.629. The Balaban J connectivity index is 2.20. The van der Waals surface area contributed by atoms with Gasteiger partial charge in [-0.1, -0.05) is 38.1 Å². The van der Waals surface area contributed by atoms with Gasteiger partial charge in [-0.25, -0.2) is 4.39 Å². The van der Waals surface area contributed by atoms with Crippen LogP contribution in [-0.4, -0.2) is 5.16 Å². The summed E-state index contributed by atoms with van der Waals surface area (Å²) in [7, 11) is 0. The Morgan fingerprint density at radius 2 is 1.81 bits per heavy atom. The van der Waals surface area contributed by atoms with E-state index in [1.54, 1.807) is 0 Å². The highest BCUT2D eigenvalue weighted by Gasteiger charge is 2.26. The van der Waals surface area contributed by atoms with E-state index in [2.05, 4.69) is 31.2 Å². The van der Waals surface area contributed by atoms with Gasteiger partial charge in [0.15, 0.2) is 0 Å². The van der Waals surface area contributed by atoms with E-state index < -0.39 is 0 Å². The Morgan fingerprint density at radius 1 is 1.19 bits per heavy atom. The first-order valence-corrected chi connectivity index (χ1v) is 7.19. The molecule has 1 N–H and O–H groups in total. The average molecular weight is 290 g/mol. The van der Waals surface area contributed by atoms with Crippen molar-refractivity contribution < 1.29 is 8.91 Å². The van der Waals surface area contributed by atoms with E-state index in [4.69, 9.17) is 4.52 Å². The van der Waals surface area contributed by atoms with Crippen LogP contribution in [0.3, 0.4) is 0 Å². The summed E-state index contributed by atoms with van der Waals surface area (Å²) in [5, 5.41) is 7.53. The van der Waals surface area contributed by atoms with Gasteiger partial charge in [0.1, 0.15) is 11.6 Å². The van der Waals surface area contributed by atoms with Gasteiger partial charge in [0.25, 0.3) is 0 Å². The van der Waals surface area contributed by atoms with E-state index in [1.807, 2.05) is 26.0 Å².